The van der Waals surface area contributed by atoms with Crippen molar-refractivity contribution >= 4 is 27.3 Å². The molecule has 3 aromatic rings. The van der Waals surface area contributed by atoms with Gasteiger partial charge in [-0.05, 0) is 46.8 Å². The van der Waals surface area contributed by atoms with Gasteiger partial charge in [-0.3, -0.25) is 4.72 Å². The molecule has 0 bridgehead atoms. The lowest BCUT2D eigenvalue weighted by molar-refractivity contribution is 0.601. The maximum Gasteiger partial charge on any atom is 0.261 e. The van der Waals surface area contributed by atoms with Gasteiger partial charge in [0.05, 0.1) is 16.3 Å². The summed E-state index contributed by atoms with van der Waals surface area (Å²) in [5.74, 6) is 0. The number of benzene rings is 2. The number of tetrazole rings is 1. The Balaban J connectivity index is 1.98. The van der Waals surface area contributed by atoms with Gasteiger partial charge in [-0.25, -0.2) is 8.42 Å². The van der Waals surface area contributed by atoms with Crippen LogP contribution in [0.3, 0.4) is 0 Å². The molecule has 0 aliphatic rings. The van der Waals surface area contributed by atoms with E-state index < -0.39 is 10.0 Å². The number of hydrogen-bond donors (Lipinski definition) is 1. The predicted molar refractivity (Wildman–Crippen MR) is 81.4 cm³/mol. The van der Waals surface area contributed by atoms with Gasteiger partial charge in [0.2, 0.25) is 0 Å². The van der Waals surface area contributed by atoms with Gasteiger partial charge in [-0.2, -0.15) is 4.68 Å². The molecular formula is C13H10ClN5O2S. The molecule has 0 unspecified atom stereocenters. The number of aromatic nitrogens is 4. The van der Waals surface area contributed by atoms with E-state index >= 15 is 0 Å². The Morgan fingerprint density at radius 3 is 2.45 bits per heavy atom. The summed E-state index contributed by atoms with van der Waals surface area (Å²) in [5.41, 5.74) is 0.884. The largest absolute Gasteiger partial charge is 0.277 e. The third-order valence-electron chi connectivity index (χ3n) is 2.87. The molecule has 7 nitrogen and oxygen atoms in total. The summed E-state index contributed by atoms with van der Waals surface area (Å²) in [7, 11) is -3.73. The van der Waals surface area contributed by atoms with Crippen LogP contribution in [-0.2, 0) is 10.0 Å². The zero-order valence-corrected chi connectivity index (χ0v) is 12.7. The first-order valence-corrected chi connectivity index (χ1v) is 8.03. The summed E-state index contributed by atoms with van der Waals surface area (Å²) >= 11 is 5.77. The molecule has 0 saturated carbocycles. The number of halogens is 1. The monoisotopic (exact) mass is 335 g/mol. The van der Waals surface area contributed by atoms with Gasteiger partial charge < -0.3 is 0 Å². The van der Waals surface area contributed by atoms with Gasteiger partial charge in [0.15, 0.2) is 0 Å². The molecule has 0 aliphatic carbocycles. The smallest absolute Gasteiger partial charge is 0.261 e. The fraction of sp³-hybridized carbons (Fsp3) is 0. The second kappa shape index (κ2) is 5.74. The van der Waals surface area contributed by atoms with Crippen molar-refractivity contribution in [2.24, 2.45) is 0 Å². The van der Waals surface area contributed by atoms with E-state index in [2.05, 4.69) is 20.2 Å². The van der Waals surface area contributed by atoms with Crippen LogP contribution in [0.1, 0.15) is 0 Å². The van der Waals surface area contributed by atoms with Crippen LogP contribution >= 0.6 is 11.6 Å². The average molecular weight is 336 g/mol. The molecule has 0 spiro atoms. The van der Waals surface area contributed by atoms with Crippen molar-refractivity contribution < 1.29 is 8.42 Å². The highest BCUT2D eigenvalue weighted by atomic mass is 35.5. The van der Waals surface area contributed by atoms with Crippen LogP contribution < -0.4 is 4.72 Å². The molecule has 1 heterocycles. The van der Waals surface area contributed by atoms with Crippen LogP contribution in [0.25, 0.3) is 5.69 Å². The molecule has 9 heteroatoms. The van der Waals surface area contributed by atoms with E-state index in [-0.39, 0.29) is 4.90 Å². The first-order valence-electron chi connectivity index (χ1n) is 6.17. The van der Waals surface area contributed by atoms with Gasteiger partial charge in [-0.15, -0.1) is 5.10 Å². The first-order chi connectivity index (χ1) is 10.6. The first kappa shape index (κ1) is 14.5. The maximum atomic E-state index is 12.4. The van der Waals surface area contributed by atoms with Crippen molar-refractivity contribution in [2.75, 3.05) is 4.72 Å². The molecule has 0 amide bonds. The maximum absolute atomic E-state index is 12.4. The Kier molecular flexibility index (Phi) is 3.78. The van der Waals surface area contributed by atoms with Crippen LogP contribution in [0.5, 0.6) is 0 Å². The second-order valence-corrected chi connectivity index (χ2v) is 6.45. The molecule has 0 atom stereocenters. The van der Waals surface area contributed by atoms with Gasteiger partial charge >= 0.3 is 0 Å². The van der Waals surface area contributed by atoms with Crippen LogP contribution in [0.2, 0.25) is 5.02 Å². The van der Waals surface area contributed by atoms with Gasteiger partial charge in [0, 0.05) is 5.02 Å². The van der Waals surface area contributed by atoms with Crippen molar-refractivity contribution in [3.63, 3.8) is 0 Å². The molecule has 3 rings (SSSR count). The zero-order chi connectivity index (χ0) is 15.6. The lowest BCUT2D eigenvalue weighted by Crippen LogP contribution is -2.14. The average Bonchev–Trinajstić information content (AvgIpc) is 3.02. The highest BCUT2D eigenvalue weighted by Gasteiger charge is 2.16. The topological polar surface area (TPSA) is 89.8 Å². The number of nitrogens with one attached hydrogen (secondary N) is 1. The Hall–Kier alpha value is -2.45. The van der Waals surface area contributed by atoms with Crippen molar-refractivity contribution in [3.8, 4) is 5.69 Å². The Morgan fingerprint density at radius 1 is 1.05 bits per heavy atom. The summed E-state index contributed by atoms with van der Waals surface area (Å²) in [4.78, 5) is 0.114. The van der Waals surface area contributed by atoms with E-state index in [4.69, 9.17) is 11.6 Å². The highest BCUT2D eigenvalue weighted by molar-refractivity contribution is 7.92. The highest BCUT2D eigenvalue weighted by Crippen LogP contribution is 2.23. The standard InChI is InChI=1S/C13H10ClN5O2S/c14-10-5-7-11(8-6-10)22(20,21)16-12-3-1-2-4-13(12)19-9-15-17-18-19/h1-9,16H. The van der Waals surface area contributed by atoms with Crippen molar-refractivity contribution in [1.82, 2.24) is 20.2 Å². The van der Waals surface area contributed by atoms with E-state index in [1.54, 1.807) is 24.3 Å². The van der Waals surface area contributed by atoms with Crippen molar-refractivity contribution in [3.05, 3.63) is 59.9 Å². The number of anilines is 1. The lowest BCUT2D eigenvalue weighted by atomic mass is 10.3. The number of hydrogen-bond acceptors (Lipinski definition) is 5. The number of para-hydroxylation sites is 2. The minimum atomic E-state index is -3.73. The number of rotatable bonds is 4. The van der Waals surface area contributed by atoms with E-state index in [0.717, 1.165) is 0 Å². The molecule has 1 N–H and O–H groups in total. The number of sulfonamides is 1. The summed E-state index contributed by atoms with van der Waals surface area (Å²) in [6, 6.07) is 12.7. The molecule has 1 aromatic heterocycles. The van der Waals surface area contributed by atoms with Gasteiger partial charge in [-0.1, -0.05) is 23.7 Å². The Bertz CT molecular complexity index is 879. The molecule has 2 aromatic carbocycles. The summed E-state index contributed by atoms with van der Waals surface area (Å²) < 4.78 is 28.7. The van der Waals surface area contributed by atoms with Gasteiger partial charge in [0.1, 0.15) is 6.33 Å². The van der Waals surface area contributed by atoms with Crippen LogP contribution in [0, 0.1) is 0 Å². The van der Waals surface area contributed by atoms with Crippen LogP contribution in [-0.4, -0.2) is 28.6 Å². The van der Waals surface area contributed by atoms with Gasteiger partial charge in [0.25, 0.3) is 10.0 Å². The Labute approximate surface area is 131 Å². The third kappa shape index (κ3) is 2.92. The SMILES string of the molecule is O=S(=O)(Nc1ccccc1-n1cnnn1)c1ccc(Cl)cc1. The molecule has 112 valence electrons. The molecular weight excluding hydrogens is 326 g/mol. The van der Waals surface area contributed by atoms with Crippen molar-refractivity contribution in [2.45, 2.75) is 4.90 Å². The van der Waals surface area contributed by atoms with E-state index in [1.807, 2.05) is 0 Å². The Morgan fingerprint density at radius 2 is 1.77 bits per heavy atom. The molecule has 22 heavy (non-hydrogen) atoms. The van der Waals surface area contributed by atoms with Crippen molar-refractivity contribution in [1.29, 1.82) is 0 Å². The molecule has 0 radical (unpaired) electrons. The molecule has 0 saturated heterocycles. The summed E-state index contributed by atoms with van der Waals surface area (Å²) in [6.45, 7) is 0. The fourth-order valence-corrected chi connectivity index (χ4v) is 3.05. The van der Waals surface area contributed by atoms with Crippen LogP contribution in [0.4, 0.5) is 5.69 Å². The molecule has 0 fully saturated rings. The summed E-state index contributed by atoms with van der Waals surface area (Å²) in [5, 5.41) is 11.3. The third-order valence-corrected chi connectivity index (χ3v) is 4.50. The van der Waals surface area contributed by atoms with E-state index in [1.165, 1.54) is 35.3 Å². The predicted octanol–water partition coefficient (Wildman–Crippen LogP) is 2.12. The normalized spacial score (nSPS) is 11.3. The summed E-state index contributed by atoms with van der Waals surface area (Å²) in [6.07, 6.45) is 1.38. The molecule has 0 aliphatic heterocycles. The second-order valence-electron chi connectivity index (χ2n) is 4.33. The minimum Gasteiger partial charge on any atom is -0.277 e. The quantitative estimate of drug-likeness (QED) is 0.788. The van der Waals surface area contributed by atoms with E-state index in [0.29, 0.717) is 16.4 Å². The number of nitrogens with zero attached hydrogens (tertiary/aromatic N) is 4. The van der Waals surface area contributed by atoms with E-state index in [9.17, 15) is 8.42 Å². The lowest BCUT2D eigenvalue weighted by Gasteiger charge is -2.11. The minimum absolute atomic E-state index is 0.114. The fourth-order valence-electron chi connectivity index (χ4n) is 1.85. The van der Waals surface area contributed by atoms with Crippen LogP contribution in [0.15, 0.2) is 59.8 Å². The zero-order valence-electron chi connectivity index (χ0n) is 11.1.